The van der Waals surface area contributed by atoms with E-state index >= 15 is 0 Å². The fourth-order valence-corrected chi connectivity index (χ4v) is 3.05. The molecule has 0 saturated heterocycles. The summed E-state index contributed by atoms with van der Waals surface area (Å²) in [5.74, 6) is -0.105. The van der Waals surface area contributed by atoms with E-state index in [1.54, 1.807) is 35.4 Å². The molecule has 0 saturated carbocycles. The molecular formula is C18H23N3O2S. The van der Waals surface area contributed by atoms with Gasteiger partial charge in [-0.25, -0.2) is 4.79 Å². The number of rotatable bonds is 6. The Hall–Kier alpha value is -2.34. The molecular weight excluding hydrogens is 322 g/mol. The normalized spacial score (nSPS) is 11.8. The van der Waals surface area contributed by atoms with Crippen molar-refractivity contribution in [2.45, 2.75) is 26.4 Å². The van der Waals surface area contributed by atoms with Crippen LogP contribution in [0.2, 0.25) is 0 Å². The maximum atomic E-state index is 12.7. The Labute approximate surface area is 146 Å². The van der Waals surface area contributed by atoms with Gasteiger partial charge in [-0.3, -0.25) is 4.79 Å². The van der Waals surface area contributed by atoms with Gasteiger partial charge in [0.2, 0.25) is 5.91 Å². The second-order valence-electron chi connectivity index (χ2n) is 5.96. The quantitative estimate of drug-likeness (QED) is 0.841. The molecule has 1 unspecified atom stereocenters. The zero-order valence-electron chi connectivity index (χ0n) is 14.2. The summed E-state index contributed by atoms with van der Waals surface area (Å²) in [5, 5.41) is 7.52. The van der Waals surface area contributed by atoms with Gasteiger partial charge >= 0.3 is 6.03 Å². The molecule has 2 N–H and O–H groups in total. The van der Waals surface area contributed by atoms with Crippen LogP contribution in [-0.2, 0) is 11.3 Å². The van der Waals surface area contributed by atoms with Gasteiger partial charge in [0.1, 0.15) is 6.04 Å². The maximum Gasteiger partial charge on any atom is 0.319 e. The highest BCUT2D eigenvalue weighted by Gasteiger charge is 2.27. The van der Waals surface area contributed by atoms with Gasteiger partial charge in [-0.1, -0.05) is 38.1 Å². The molecule has 2 rings (SSSR count). The summed E-state index contributed by atoms with van der Waals surface area (Å²) < 4.78 is 0. The SMILES string of the molecule is CC(C)C(NC(=O)Nc1ccccc1)C(=O)N(C)Cc1cccs1. The molecule has 0 aliphatic carbocycles. The summed E-state index contributed by atoms with van der Waals surface area (Å²) in [6.07, 6.45) is 0. The molecule has 1 heterocycles. The van der Waals surface area contributed by atoms with Crippen LogP contribution < -0.4 is 10.6 Å². The third-order valence-corrected chi connectivity index (χ3v) is 4.46. The van der Waals surface area contributed by atoms with Crippen molar-refractivity contribution in [2.75, 3.05) is 12.4 Å². The van der Waals surface area contributed by atoms with Gasteiger partial charge in [-0.05, 0) is 29.5 Å². The first-order chi connectivity index (χ1) is 11.5. The van der Waals surface area contributed by atoms with Crippen LogP contribution in [0.1, 0.15) is 18.7 Å². The summed E-state index contributed by atoms with van der Waals surface area (Å²) in [7, 11) is 1.76. The molecule has 24 heavy (non-hydrogen) atoms. The van der Waals surface area contributed by atoms with Crippen molar-refractivity contribution in [1.29, 1.82) is 0 Å². The van der Waals surface area contributed by atoms with Crippen molar-refractivity contribution in [3.05, 3.63) is 52.7 Å². The van der Waals surface area contributed by atoms with Crippen LogP contribution in [0.5, 0.6) is 0 Å². The number of urea groups is 1. The van der Waals surface area contributed by atoms with Crippen molar-refractivity contribution in [3.63, 3.8) is 0 Å². The molecule has 0 fully saturated rings. The molecule has 5 nitrogen and oxygen atoms in total. The van der Waals surface area contributed by atoms with E-state index in [-0.39, 0.29) is 17.9 Å². The fraction of sp³-hybridized carbons (Fsp3) is 0.333. The van der Waals surface area contributed by atoms with E-state index in [9.17, 15) is 9.59 Å². The minimum absolute atomic E-state index is 0.00944. The zero-order chi connectivity index (χ0) is 17.5. The molecule has 128 valence electrons. The van der Waals surface area contributed by atoms with Gasteiger partial charge in [-0.2, -0.15) is 0 Å². The van der Waals surface area contributed by atoms with Crippen LogP contribution in [0.25, 0.3) is 0 Å². The predicted octanol–water partition coefficient (Wildman–Crippen LogP) is 3.55. The molecule has 0 spiro atoms. The second-order valence-corrected chi connectivity index (χ2v) is 6.99. The molecule has 0 aliphatic rings. The Morgan fingerprint density at radius 2 is 1.83 bits per heavy atom. The van der Waals surface area contributed by atoms with Crippen molar-refractivity contribution in [2.24, 2.45) is 5.92 Å². The smallest absolute Gasteiger partial charge is 0.319 e. The highest BCUT2D eigenvalue weighted by Crippen LogP contribution is 2.13. The number of thiophene rings is 1. The third kappa shape index (κ3) is 5.09. The highest BCUT2D eigenvalue weighted by atomic mass is 32.1. The van der Waals surface area contributed by atoms with Gasteiger partial charge < -0.3 is 15.5 Å². The Bertz CT molecular complexity index is 656. The Morgan fingerprint density at radius 1 is 1.12 bits per heavy atom. The first kappa shape index (κ1) is 18.0. The summed E-state index contributed by atoms with van der Waals surface area (Å²) in [5.41, 5.74) is 0.692. The lowest BCUT2D eigenvalue weighted by atomic mass is 10.0. The lowest BCUT2D eigenvalue weighted by Gasteiger charge is -2.27. The average Bonchev–Trinajstić information content (AvgIpc) is 3.05. The molecule has 2 aromatic rings. The molecule has 0 radical (unpaired) electrons. The standard InChI is InChI=1S/C18H23N3O2S/c1-13(2)16(17(22)21(3)12-15-10-7-11-24-15)20-18(23)19-14-8-5-4-6-9-14/h4-11,13,16H,12H2,1-3H3,(H2,19,20,23). The molecule has 1 aromatic carbocycles. The first-order valence-electron chi connectivity index (χ1n) is 7.87. The molecule has 3 amide bonds. The van der Waals surface area contributed by atoms with Gasteiger partial charge in [0.05, 0.1) is 6.54 Å². The number of nitrogens with one attached hydrogen (secondary N) is 2. The number of hydrogen-bond acceptors (Lipinski definition) is 3. The first-order valence-corrected chi connectivity index (χ1v) is 8.75. The lowest BCUT2D eigenvalue weighted by Crippen LogP contribution is -2.51. The maximum absolute atomic E-state index is 12.7. The average molecular weight is 345 g/mol. The summed E-state index contributed by atoms with van der Waals surface area (Å²) in [6.45, 7) is 4.39. The van der Waals surface area contributed by atoms with Crippen LogP contribution in [-0.4, -0.2) is 29.9 Å². The summed E-state index contributed by atoms with van der Waals surface area (Å²) in [4.78, 5) is 27.6. The van der Waals surface area contributed by atoms with Crippen LogP contribution >= 0.6 is 11.3 Å². The van der Waals surface area contributed by atoms with Crippen molar-refractivity contribution < 1.29 is 9.59 Å². The molecule has 1 atom stereocenters. The van der Waals surface area contributed by atoms with E-state index in [4.69, 9.17) is 0 Å². The Balaban J connectivity index is 1.97. The van der Waals surface area contributed by atoms with E-state index in [0.29, 0.717) is 12.2 Å². The largest absolute Gasteiger partial charge is 0.339 e. The van der Waals surface area contributed by atoms with E-state index < -0.39 is 6.04 Å². The summed E-state index contributed by atoms with van der Waals surface area (Å²) >= 11 is 1.61. The van der Waals surface area contributed by atoms with E-state index in [2.05, 4.69) is 10.6 Å². The second kappa shape index (κ2) is 8.49. The minimum Gasteiger partial charge on any atom is -0.339 e. The van der Waals surface area contributed by atoms with Crippen LogP contribution in [0.4, 0.5) is 10.5 Å². The van der Waals surface area contributed by atoms with Crippen LogP contribution in [0.3, 0.4) is 0 Å². The minimum atomic E-state index is -0.571. The number of para-hydroxylation sites is 1. The van der Waals surface area contributed by atoms with Crippen molar-refractivity contribution >= 4 is 29.0 Å². The molecule has 6 heteroatoms. The van der Waals surface area contributed by atoms with Gasteiger partial charge in [-0.15, -0.1) is 11.3 Å². The predicted molar refractivity (Wildman–Crippen MR) is 98.0 cm³/mol. The zero-order valence-corrected chi connectivity index (χ0v) is 15.0. The number of hydrogen-bond donors (Lipinski definition) is 2. The number of anilines is 1. The van der Waals surface area contributed by atoms with Gasteiger partial charge in [0.15, 0.2) is 0 Å². The lowest BCUT2D eigenvalue weighted by molar-refractivity contribution is -0.133. The molecule has 0 bridgehead atoms. The van der Waals surface area contributed by atoms with Crippen molar-refractivity contribution in [3.8, 4) is 0 Å². The summed E-state index contributed by atoms with van der Waals surface area (Å²) in [6, 6.07) is 12.2. The van der Waals surface area contributed by atoms with E-state index in [1.165, 1.54) is 0 Å². The fourth-order valence-electron chi connectivity index (χ4n) is 2.30. The number of nitrogens with zero attached hydrogens (tertiary/aromatic N) is 1. The topological polar surface area (TPSA) is 61.4 Å². The van der Waals surface area contributed by atoms with E-state index in [0.717, 1.165) is 4.88 Å². The Kier molecular flexibility index (Phi) is 6.37. The number of benzene rings is 1. The van der Waals surface area contributed by atoms with Crippen molar-refractivity contribution in [1.82, 2.24) is 10.2 Å². The van der Waals surface area contributed by atoms with Gasteiger partial charge in [0.25, 0.3) is 0 Å². The van der Waals surface area contributed by atoms with Gasteiger partial charge in [0, 0.05) is 17.6 Å². The number of carbonyl (C=O) groups excluding carboxylic acids is 2. The van der Waals surface area contributed by atoms with Crippen LogP contribution in [0.15, 0.2) is 47.8 Å². The number of carbonyl (C=O) groups is 2. The van der Waals surface area contributed by atoms with Crippen LogP contribution in [0, 0.1) is 5.92 Å². The van der Waals surface area contributed by atoms with E-state index in [1.807, 2.05) is 49.6 Å². The Morgan fingerprint density at radius 3 is 2.42 bits per heavy atom. The molecule has 1 aromatic heterocycles. The number of likely N-dealkylation sites (N-methyl/N-ethyl adjacent to an activating group) is 1. The monoisotopic (exact) mass is 345 g/mol. The highest BCUT2D eigenvalue weighted by molar-refractivity contribution is 7.09. The third-order valence-electron chi connectivity index (χ3n) is 3.60. The molecule has 0 aliphatic heterocycles. The number of amides is 3.